The van der Waals surface area contributed by atoms with E-state index in [2.05, 4.69) is 10.2 Å². The summed E-state index contributed by atoms with van der Waals surface area (Å²) in [5.41, 5.74) is 2.40. The molecule has 0 saturated heterocycles. The number of aromatic amines is 1. The predicted molar refractivity (Wildman–Crippen MR) is 66.4 cm³/mol. The molecule has 0 aliphatic heterocycles. The summed E-state index contributed by atoms with van der Waals surface area (Å²) < 4.78 is 0. The molecule has 0 amide bonds. The molecule has 2 rings (SSSR count). The van der Waals surface area contributed by atoms with E-state index in [0.29, 0.717) is 12.1 Å². The maximum absolute atomic E-state index is 10.8. The van der Waals surface area contributed by atoms with Gasteiger partial charge in [-0.2, -0.15) is 5.10 Å². The Kier molecular flexibility index (Phi) is 3.43. The molecule has 0 saturated carbocycles. The summed E-state index contributed by atoms with van der Waals surface area (Å²) in [7, 11) is 0. The molecule has 0 aliphatic carbocycles. The Morgan fingerprint density at radius 1 is 1.44 bits per heavy atom. The van der Waals surface area contributed by atoms with Crippen LogP contribution in [0.4, 0.5) is 0 Å². The van der Waals surface area contributed by atoms with Gasteiger partial charge in [-0.15, -0.1) is 0 Å². The third-order valence-electron chi connectivity index (χ3n) is 2.62. The number of benzene rings is 1. The summed E-state index contributed by atoms with van der Waals surface area (Å²) in [6, 6.07) is 8.99. The van der Waals surface area contributed by atoms with Crippen molar-refractivity contribution < 1.29 is 15.0 Å². The van der Waals surface area contributed by atoms with Gasteiger partial charge in [0.2, 0.25) is 0 Å². The lowest BCUT2D eigenvalue weighted by molar-refractivity contribution is 0.0690. The zero-order valence-corrected chi connectivity index (χ0v) is 9.92. The van der Waals surface area contributed by atoms with Crippen LogP contribution in [-0.2, 0) is 6.42 Å². The van der Waals surface area contributed by atoms with E-state index in [1.807, 2.05) is 24.3 Å². The number of nitrogens with zero attached hydrogens (tertiary/aromatic N) is 1. The van der Waals surface area contributed by atoms with Crippen molar-refractivity contribution in [2.75, 3.05) is 0 Å². The molecular weight excluding hydrogens is 232 g/mol. The van der Waals surface area contributed by atoms with Crippen molar-refractivity contribution in [3.05, 3.63) is 41.6 Å². The van der Waals surface area contributed by atoms with Crippen LogP contribution in [0, 0.1) is 0 Å². The molecule has 1 atom stereocenters. The molecule has 1 heterocycles. The minimum absolute atomic E-state index is 0.0526. The predicted octanol–water partition coefficient (Wildman–Crippen LogP) is 1.70. The molecule has 0 bridgehead atoms. The number of rotatable bonds is 4. The van der Waals surface area contributed by atoms with Crippen molar-refractivity contribution >= 4 is 5.97 Å². The number of hydrogen-bond donors (Lipinski definition) is 3. The van der Waals surface area contributed by atoms with Crippen LogP contribution in [0.2, 0.25) is 0 Å². The average molecular weight is 246 g/mol. The van der Waals surface area contributed by atoms with Crippen LogP contribution in [0.1, 0.15) is 23.0 Å². The van der Waals surface area contributed by atoms with Crippen molar-refractivity contribution in [3.63, 3.8) is 0 Å². The molecule has 0 fully saturated rings. The Bertz CT molecular complexity index is 561. The lowest BCUT2D eigenvalue weighted by Crippen LogP contribution is -2.05. The fraction of sp³-hybridized carbons (Fsp3) is 0.231. The molecule has 0 aliphatic rings. The molecule has 0 spiro atoms. The number of aromatic nitrogens is 2. The summed E-state index contributed by atoms with van der Waals surface area (Å²) in [4.78, 5) is 10.8. The van der Waals surface area contributed by atoms with Crippen LogP contribution in [0.3, 0.4) is 0 Å². The fourth-order valence-electron chi connectivity index (χ4n) is 1.84. The van der Waals surface area contributed by atoms with Gasteiger partial charge in [0, 0.05) is 5.56 Å². The molecule has 0 radical (unpaired) electrons. The second-order valence-corrected chi connectivity index (χ2v) is 4.18. The van der Waals surface area contributed by atoms with Crippen molar-refractivity contribution in [3.8, 4) is 11.3 Å². The zero-order valence-electron chi connectivity index (χ0n) is 9.92. The van der Waals surface area contributed by atoms with Crippen molar-refractivity contribution in [2.24, 2.45) is 0 Å². The SMILES string of the molecule is CC(O)Cc1ccccc1-c1cc(C(=O)O)[nH]n1. The Morgan fingerprint density at radius 3 is 2.78 bits per heavy atom. The van der Waals surface area contributed by atoms with E-state index >= 15 is 0 Å². The summed E-state index contributed by atoms with van der Waals surface area (Å²) in [6.07, 6.45) is 0.0508. The van der Waals surface area contributed by atoms with Gasteiger partial charge in [0.1, 0.15) is 5.69 Å². The molecule has 2 aromatic rings. The van der Waals surface area contributed by atoms with Crippen LogP contribution in [0.25, 0.3) is 11.3 Å². The highest BCUT2D eigenvalue weighted by Crippen LogP contribution is 2.23. The molecule has 5 heteroatoms. The first-order chi connectivity index (χ1) is 8.58. The first-order valence-corrected chi connectivity index (χ1v) is 5.63. The second kappa shape index (κ2) is 5.01. The fourth-order valence-corrected chi connectivity index (χ4v) is 1.84. The van der Waals surface area contributed by atoms with E-state index in [9.17, 15) is 9.90 Å². The van der Waals surface area contributed by atoms with E-state index in [-0.39, 0.29) is 5.69 Å². The second-order valence-electron chi connectivity index (χ2n) is 4.18. The summed E-state index contributed by atoms with van der Waals surface area (Å²) in [6.45, 7) is 1.71. The monoisotopic (exact) mass is 246 g/mol. The van der Waals surface area contributed by atoms with Gasteiger partial charge in [-0.25, -0.2) is 4.79 Å². The van der Waals surface area contributed by atoms with E-state index in [4.69, 9.17) is 5.11 Å². The van der Waals surface area contributed by atoms with Crippen LogP contribution in [0.15, 0.2) is 30.3 Å². The Hall–Kier alpha value is -2.14. The smallest absolute Gasteiger partial charge is 0.353 e. The molecule has 1 aromatic carbocycles. The molecule has 94 valence electrons. The van der Waals surface area contributed by atoms with Crippen LogP contribution < -0.4 is 0 Å². The number of carboxylic acid groups (broad SMARTS) is 1. The number of carboxylic acids is 1. The number of aliphatic hydroxyl groups is 1. The number of hydrogen-bond acceptors (Lipinski definition) is 3. The van der Waals surface area contributed by atoms with Crippen molar-refractivity contribution in [1.29, 1.82) is 0 Å². The maximum atomic E-state index is 10.8. The van der Waals surface area contributed by atoms with Gasteiger partial charge in [-0.05, 0) is 25.0 Å². The average Bonchev–Trinajstić information content (AvgIpc) is 2.78. The quantitative estimate of drug-likeness (QED) is 0.766. The first-order valence-electron chi connectivity index (χ1n) is 5.63. The topological polar surface area (TPSA) is 86.2 Å². The van der Waals surface area contributed by atoms with E-state index < -0.39 is 12.1 Å². The van der Waals surface area contributed by atoms with Crippen LogP contribution >= 0.6 is 0 Å². The van der Waals surface area contributed by atoms with Gasteiger partial charge in [-0.1, -0.05) is 24.3 Å². The third kappa shape index (κ3) is 2.57. The molecule has 1 aromatic heterocycles. The van der Waals surface area contributed by atoms with Gasteiger partial charge in [-0.3, -0.25) is 5.10 Å². The van der Waals surface area contributed by atoms with Crippen molar-refractivity contribution in [1.82, 2.24) is 10.2 Å². The Balaban J connectivity index is 2.39. The lowest BCUT2D eigenvalue weighted by atomic mass is 10.00. The standard InChI is InChI=1S/C13H14N2O3/c1-8(16)6-9-4-2-3-5-10(9)11-7-12(13(17)18)15-14-11/h2-5,7-8,16H,6H2,1H3,(H,14,15)(H,17,18). The van der Waals surface area contributed by atoms with E-state index in [1.165, 1.54) is 6.07 Å². The summed E-state index contributed by atoms with van der Waals surface area (Å²) in [5, 5.41) is 24.8. The number of aromatic carboxylic acids is 1. The minimum Gasteiger partial charge on any atom is -0.477 e. The van der Waals surface area contributed by atoms with Crippen molar-refractivity contribution in [2.45, 2.75) is 19.4 Å². The number of nitrogens with one attached hydrogen (secondary N) is 1. The van der Waals surface area contributed by atoms with Crippen LogP contribution in [0.5, 0.6) is 0 Å². The first kappa shape index (κ1) is 12.3. The third-order valence-corrected chi connectivity index (χ3v) is 2.62. The van der Waals surface area contributed by atoms with E-state index in [0.717, 1.165) is 11.1 Å². The van der Waals surface area contributed by atoms with Gasteiger partial charge >= 0.3 is 5.97 Å². The maximum Gasteiger partial charge on any atom is 0.353 e. The highest BCUT2D eigenvalue weighted by Gasteiger charge is 2.12. The molecular formula is C13H14N2O3. The summed E-state index contributed by atoms with van der Waals surface area (Å²) in [5.74, 6) is -1.04. The molecule has 1 unspecified atom stereocenters. The number of carbonyl (C=O) groups is 1. The normalized spacial score (nSPS) is 12.3. The highest BCUT2D eigenvalue weighted by molar-refractivity contribution is 5.87. The largest absolute Gasteiger partial charge is 0.477 e. The van der Waals surface area contributed by atoms with Crippen LogP contribution in [-0.4, -0.2) is 32.5 Å². The molecule has 5 nitrogen and oxygen atoms in total. The summed E-state index contributed by atoms with van der Waals surface area (Å²) >= 11 is 0. The number of H-pyrrole nitrogens is 1. The van der Waals surface area contributed by atoms with Gasteiger partial charge < -0.3 is 10.2 Å². The Labute approximate surface area is 104 Å². The van der Waals surface area contributed by atoms with E-state index in [1.54, 1.807) is 6.92 Å². The highest BCUT2D eigenvalue weighted by atomic mass is 16.4. The zero-order chi connectivity index (χ0) is 13.1. The van der Waals surface area contributed by atoms with Gasteiger partial charge in [0.15, 0.2) is 0 Å². The molecule has 3 N–H and O–H groups in total. The number of aliphatic hydroxyl groups excluding tert-OH is 1. The molecule has 18 heavy (non-hydrogen) atoms. The van der Waals surface area contributed by atoms with Gasteiger partial charge in [0.25, 0.3) is 0 Å². The van der Waals surface area contributed by atoms with Gasteiger partial charge in [0.05, 0.1) is 11.8 Å². The minimum atomic E-state index is -1.04. The Morgan fingerprint density at radius 2 is 2.17 bits per heavy atom. The lowest BCUT2D eigenvalue weighted by Gasteiger charge is -2.08.